The topological polar surface area (TPSA) is 184 Å². The summed E-state index contributed by atoms with van der Waals surface area (Å²) >= 11 is 10.3. The molecule has 18 heteroatoms. The Morgan fingerprint density at radius 2 is 1.83 bits per heavy atom. The lowest BCUT2D eigenvalue weighted by Gasteiger charge is -2.42. The van der Waals surface area contributed by atoms with Crippen LogP contribution in [0.15, 0.2) is 83.4 Å². The molecule has 63 heavy (non-hydrogen) atoms. The summed E-state index contributed by atoms with van der Waals surface area (Å²) in [5.74, 6) is -0.168. The first kappa shape index (κ1) is 44.9. The minimum Gasteiger partial charge on any atom is -0.588 e. The van der Waals surface area contributed by atoms with Crippen molar-refractivity contribution in [2.45, 2.75) is 50.2 Å². The Balaban J connectivity index is 0.952. The number of carbonyl (C=O) groups is 1. The average molecular weight is 920 g/mol. The number of nitrogens with one attached hydrogen (secondary N) is 2. The van der Waals surface area contributed by atoms with Gasteiger partial charge in [0.15, 0.2) is 4.90 Å². The number of benzene rings is 3. The molecule has 3 saturated heterocycles. The van der Waals surface area contributed by atoms with Gasteiger partial charge in [0.2, 0.25) is 0 Å². The van der Waals surface area contributed by atoms with Crippen molar-refractivity contribution < 1.29 is 28.5 Å². The molecule has 3 aromatic carbocycles. The Labute approximate surface area is 380 Å². The number of amides is 1. The zero-order valence-corrected chi connectivity index (χ0v) is 37.6. The summed E-state index contributed by atoms with van der Waals surface area (Å²) in [5.41, 5.74) is 11.1. The van der Waals surface area contributed by atoms with Crippen LogP contribution in [-0.2, 0) is 20.8 Å². The molecule has 3 aliphatic heterocycles. The number of pyridine rings is 1. The van der Waals surface area contributed by atoms with E-state index in [4.69, 9.17) is 43.1 Å². The first-order valence-electron chi connectivity index (χ1n) is 21.1. The molecule has 0 saturated carbocycles. The molecule has 3 fully saturated rings. The number of hydrogen-bond donors (Lipinski definition) is 3. The second-order valence-electron chi connectivity index (χ2n) is 17.2. The van der Waals surface area contributed by atoms with Crippen molar-refractivity contribution in [2.24, 2.45) is 5.41 Å². The predicted molar refractivity (Wildman–Crippen MR) is 246 cm³/mol. The van der Waals surface area contributed by atoms with Crippen LogP contribution in [0.5, 0.6) is 11.5 Å². The van der Waals surface area contributed by atoms with Gasteiger partial charge in [0.1, 0.15) is 34.4 Å². The highest BCUT2D eigenvalue weighted by Gasteiger charge is 2.33. The van der Waals surface area contributed by atoms with Gasteiger partial charge in [-0.05, 0) is 72.2 Å². The maximum absolute atomic E-state index is 13.9. The predicted octanol–water partition coefficient (Wildman–Crippen LogP) is 7.42. The maximum atomic E-state index is 13.9. The lowest BCUT2D eigenvalue weighted by atomic mass is 9.72. The molecular weight excluding hydrogens is 868 g/mol. The molecule has 15 nitrogen and oxygen atoms in total. The number of hydrogen-bond acceptors (Lipinski definition) is 13. The smallest absolute Gasteiger partial charge is 0.297 e. The van der Waals surface area contributed by atoms with Crippen molar-refractivity contribution in [3.8, 4) is 11.5 Å². The molecule has 0 radical (unpaired) electrons. The fourth-order valence-electron chi connectivity index (χ4n) is 8.47. The van der Waals surface area contributed by atoms with Crippen molar-refractivity contribution in [2.75, 3.05) is 88.1 Å². The van der Waals surface area contributed by atoms with E-state index in [1.54, 1.807) is 12.1 Å². The standard InChI is InChI=1S/C45H52Cl2N8O7S/c1-45(2)12-11-30(38(22-45)29-3-5-31(46)6-4-29)25-52-13-15-53(16-14-52)32-7-9-37(42(19-32)62-34-20-39(47)43(48)50-23-34)44(56)51-63(59)36-8-10-40(41(21-36)55(57)58)49-24-35-26-54(17-18-61-35)33-27-60-28-33/h3-10,19-21,23,33,35,49H,11-18,22,24-28H2,1-2H3,(H2,48,50)(H,51,56)/t35-,63?/m0/s1. The van der Waals surface area contributed by atoms with E-state index in [9.17, 15) is 19.5 Å². The number of halogens is 2. The molecule has 2 atom stereocenters. The van der Waals surface area contributed by atoms with Crippen LogP contribution in [0.2, 0.25) is 10.0 Å². The summed E-state index contributed by atoms with van der Waals surface area (Å²) < 4.78 is 33.6. The molecule has 4 N–H and O–H groups in total. The number of anilines is 3. The van der Waals surface area contributed by atoms with Crippen LogP contribution >= 0.6 is 23.2 Å². The quantitative estimate of drug-likeness (QED) is 0.0646. The Kier molecular flexibility index (Phi) is 14.0. The Morgan fingerprint density at radius 3 is 2.54 bits per heavy atom. The number of allylic oxidation sites excluding steroid dienone is 1. The average Bonchev–Trinajstić information content (AvgIpc) is 3.24. The van der Waals surface area contributed by atoms with E-state index >= 15 is 0 Å². The van der Waals surface area contributed by atoms with E-state index in [-0.39, 0.29) is 55.7 Å². The van der Waals surface area contributed by atoms with Crippen molar-refractivity contribution >= 4 is 68.9 Å². The molecular formula is C45H52Cl2N8O7S. The maximum Gasteiger partial charge on any atom is 0.297 e. The normalized spacial score (nSPS) is 20.2. The highest BCUT2D eigenvalue weighted by atomic mass is 35.5. The van der Waals surface area contributed by atoms with Crippen molar-refractivity contribution in [1.82, 2.24) is 19.5 Å². The number of carbonyl (C=O) groups excluding carboxylic acids is 1. The molecule has 0 bridgehead atoms. The van der Waals surface area contributed by atoms with Gasteiger partial charge in [0.05, 0.1) is 59.7 Å². The summed E-state index contributed by atoms with van der Waals surface area (Å²) in [6.07, 6.45) is 4.44. The molecule has 1 amide bonds. The number of nitrogens with zero attached hydrogens (tertiary/aromatic N) is 5. The van der Waals surface area contributed by atoms with Crippen LogP contribution in [0.1, 0.15) is 49.0 Å². The van der Waals surface area contributed by atoms with Gasteiger partial charge in [-0.1, -0.05) is 54.8 Å². The summed E-state index contributed by atoms with van der Waals surface area (Å²) in [4.78, 5) is 36.7. The number of piperazine rings is 1. The van der Waals surface area contributed by atoms with Crippen LogP contribution in [0.25, 0.3) is 5.57 Å². The van der Waals surface area contributed by atoms with Crippen molar-refractivity contribution in [1.29, 1.82) is 0 Å². The third-order valence-corrected chi connectivity index (χ3v) is 13.8. The van der Waals surface area contributed by atoms with Crippen molar-refractivity contribution in [3.05, 3.63) is 110 Å². The van der Waals surface area contributed by atoms with E-state index in [1.165, 1.54) is 47.2 Å². The van der Waals surface area contributed by atoms with Crippen LogP contribution < -0.4 is 25.4 Å². The van der Waals surface area contributed by atoms with E-state index in [0.29, 0.717) is 39.0 Å². The van der Waals surface area contributed by atoms with Gasteiger partial charge >= 0.3 is 0 Å². The van der Waals surface area contributed by atoms with E-state index in [1.807, 2.05) is 18.2 Å². The lowest BCUT2D eigenvalue weighted by molar-refractivity contribution is -0.384. The van der Waals surface area contributed by atoms with E-state index in [2.05, 4.69) is 55.7 Å². The number of aromatic nitrogens is 1. The third kappa shape index (κ3) is 11.0. The van der Waals surface area contributed by atoms with Crippen LogP contribution in [0, 0.1) is 15.5 Å². The fourth-order valence-corrected chi connectivity index (χ4v) is 9.56. The van der Waals surface area contributed by atoms with Gasteiger partial charge in [0.25, 0.3) is 11.6 Å². The largest absolute Gasteiger partial charge is 0.588 e. The molecule has 4 aromatic rings. The summed E-state index contributed by atoms with van der Waals surface area (Å²) in [6, 6.07) is 19.4. The summed E-state index contributed by atoms with van der Waals surface area (Å²) in [7, 11) is 0. The molecule has 334 valence electrons. The van der Waals surface area contributed by atoms with Gasteiger partial charge < -0.3 is 34.7 Å². The highest BCUT2D eigenvalue weighted by molar-refractivity contribution is 7.90. The number of nitro groups is 1. The molecule has 0 spiro atoms. The highest BCUT2D eigenvalue weighted by Crippen LogP contribution is 2.43. The summed E-state index contributed by atoms with van der Waals surface area (Å²) in [6.45, 7) is 12.5. The molecule has 1 unspecified atom stereocenters. The van der Waals surface area contributed by atoms with Crippen molar-refractivity contribution in [3.63, 3.8) is 0 Å². The van der Waals surface area contributed by atoms with Gasteiger partial charge in [-0.15, -0.1) is 0 Å². The Morgan fingerprint density at radius 1 is 1.05 bits per heavy atom. The number of rotatable bonds is 14. The Bertz CT molecular complexity index is 2340. The third-order valence-electron chi connectivity index (χ3n) is 12.2. The van der Waals surface area contributed by atoms with Gasteiger partial charge in [-0.2, -0.15) is 4.72 Å². The second-order valence-corrected chi connectivity index (χ2v) is 19.3. The van der Waals surface area contributed by atoms with Crippen LogP contribution in [0.3, 0.4) is 0 Å². The van der Waals surface area contributed by atoms with E-state index < -0.39 is 22.2 Å². The van der Waals surface area contributed by atoms with Crippen LogP contribution in [-0.4, -0.2) is 114 Å². The van der Waals surface area contributed by atoms with Gasteiger partial charge in [0, 0.05) is 75.2 Å². The number of nitrogens with two attached hydrogens (primary N) is 1. The number of nitro benzene ring substituents is 1. The zero-order chi connectivity index (χ0) is 44.3. The SMILES string of the molecule is CC1(C)CCC(CN2CCN(c3ccc(C(=O)N[S+]([O-])c4ccc(NC[C@H]5CN(C6COC6)CCO5)c([N+](=O)[O-])c4)c(Oc4cnc(N)c(Cl)c4)c3)CC2)=C(c2ccc(Cl)cc2)C1. The van der Waals surface area contributed by atoms with Gasteiger partial charge in [-0.25, -0.2) is 4.98 Å². The number of nitrogen functional groups attached to an aromatic ring is 1. The number of morpholine rings is 1. The molecule has 4 aliphatic rings. The van der Waals surface area contributed by atoms with E-state index in [0.717, 1.165) is 69.2 Å². The Hall–Kier alpha value is -4.65. The second kappa shape index (κ2) is 19.6. The minimum atomic E-state index is -2.17. The van der Waals surface area contributed by atoms with Crippen LogP contribution in [0.4, 0.5) is 22.9 Å². The monoisotopic (exact) mass is 918 g/mol. The van der Waals surface area contributed by atoms with Gasteiger partial charge in [-0.3, -0.25) is 24.7 Å². The minimum absolute atomic E-state index is 0.0464. The summed E-state index contributed by atoms with van der Waals surface area (Å²) in [5, 5.41) is 16.2. The first-order valence-corrected chi connectivity index (χ1v) is 23.0. The molecule has 1 aromatic heterocycles. The lowest BCUT2D eigenvalue weighted by Crippen LogP contribution is -2.56. The fraction of sp³-hybridized carbons (Fsp3) is 0.422. The molecule has 4 heterocycles. The number of ether oxygens (including phenoxy) is 3. The zero-order valence-electron chi connectivity index (χ0n) is 35.3. The molecule has 1 aliphatic carbocycles. The first-order chi connectivity index (χ1) is 30.3. The molecule has 8 rings (SSSR count).